The molecule has 1 aliphatic heterocycles. The lowest BCUT2D eigenvalue weighted by Gasteiger charge is -2.22. The summed E-state index contributed by atoms with van der Waals surface area (Å²) in [4.78, 5) is 11.7. The molecule has 1 aliphatic rings. The topological polar surface area (TPSA) is 47.6 Å². The van der Waals surface area contributed by atoms with Crippen molar-refractivity contribution in [2.75, 3.05) is 19.7 Å². The molecule has 1 fully saturated rings. The van der Waals surface area contributed by atoms with Crippen LogP contribution in [0.3, 0.4) is 0 Å². The minimum atomic E-state index is -0.123. The van der Waals surface area contributed by atoms with E-state index in [9.17, 15) is 4.79 Å². The zero-order valence-corrected chi connectivity index (χ0v) is 13.2. The number of piperidine rings is 1. The van der Waals surface area contributed by atoms with Gasteiger partial charge >= 0.3 is 5.97 Å². The molecule has 4 heteroatoms. The summed E-state index contributed by atoms with van der Waals surface area (Å²) < 4.78 is 11.1. The van der Waals surface area contributed by atoms with Gasteiger partial charge in [-0.3, -0.25) is 4.79 Å². The summed E-state index contributed by atoms with van der Waals surface area (Å²) in [6, 6.07) is 0. The molecule has 1 N–H and O–H groups in total. The quantitative estimate of drug-likeness (QED) is 0.495. The van der Waals surface area contributed by atoms with E-state index in [2.05, 4.69) is 12.2 Å². The molecule has 0 radical (unpaired) electrons. The highest BCUT2D eigenvalue weighted by Crippen LogP contribution is 2.10. The molecule has 0 amide bonds. The van der Waals surface area contributed by atoms with Crippen molar-refractivity contribution in [1.29, 1.82) is 0 Å². The number of unbranched alkanes of at least 4 members (excludes halogenated alkanes) is 3. The first-order chi connectivity index (χ1) is 9.72. The molecule has 1 unspecified atom stereocenters. The van der Waals surface area contributed by atoms with E-state index >= 15 is 0 Å². The first-order valence-electron chi connectivity index (χ1n) is 8.24. The molecule has 1 saturated heterocycles. The fourth-order valence-corrected chi connectivity index (χ4v) is 2.47. The molecular weight excluding hydrogens is 254 g/mol. The van der Waals surface area contributed by atoms with Crippen LogP contribution in [0.2, 0.25) is 0 Å². The molecule has 0 aromatic heterocycles. The number of carbonyl (C=O) groups excluding carboxylic acids is 1. The van der Waals surface area contributed by atoms with Crippen molar-refractivity contribution in [1.82, 2.24) is 5.32 Å². The van der Waals surface area contributed by atoms with Gasteiger partial charge in [-0.05, 0) is 45.7 Å². The molecule has 0 spiro atoms. The van der Waals surface area contributed by atoms with Crippen molar-refractivity contribution < 1.29 is 14.3 Å². The lowest BCUT2D eigenvalue weighted by molar-refractivity contribution is -0.150. The van der Waals surface area contributed by atoms with Gasteiger partial charge in [0.2, 0.25) is 0 Å². The van der Waals surface area contributed by atoms with Crippen LogP contribution in [0.15, 0.2) is 0 Å². The lowest BCUT2D eigenvalue weighted by atomic mass is 10.1. The molecular formula is C16H31NO3. The summed E-state index contributed by atoms with van der Waals surface area (Å²) in [5, 5.41) is 3.30. The first kappa shape index (κ1) is 17.4. The van der Waals surface area contributed by atoms with E-state index in [0.717, 1.165) is 38.8 Å². The predicted octanol–water partition coefficient (Wildman–Crippen LogP) is 3.05. The molecule has 0 aromatic rings. The van der Waals surface area contributed by atoms with Gasteiger partial charge in [0, 0.05) is 0 Å². The Labute approximate surface area is 123 Å². The number of ether oxygens (including phenoxy) is 2. The summed E-state index contributed by atoms with van der Waals surface area (Å²) >= 11 is 0. The standard InChI is InChI=1S/C16H31NO3/c1-3-4-5-6-7-14(2)20-16(18)10-13-19-15-8-11-17-12-9-15/h14-15,17H,3-13H2,1-2H3. The lowest BCUT2D eigenvalue weighted by Crippen LogP contribution is -2.33. The van der Waals surface area contributed by atoms with Crippen molar-refractivity contribution in [2.45, 2.75) is 77.4 Å². The summed E-state index contributed by atoms with van der Waals surface area (Å²) in [6.07, 6.45) is 8.68. The fourth-order valence-electron chi connectivity index (χ4n) is 2.47. The Morgan fingerprint density at radius 2 is 2.00 bits per heavy atom. The molecule has 1 heterocycles. The van der Waals surface area contributed by atoms with E-state index in [1.807, 2.05) is 6.92 Å². The van der Waals surface area contributed by atoms with Crippen molar-refractivity contribution >= 4 is 5.97 Å². The van der Waals surface area contributed by atoms with Crippen molar-refractivity contribution in [2.24, 2.45) is 0 Å². The second kappa shape index (κ2) is 11.1. The van der Waals surface area contributed by atoms with Gasteiger partial charge in [0.1, 0.15) is 0 Å². The van der Waals surface area contributed by atoms with Gasteiger partial charge in [-0.1, -0.05) is 26.2 Å². The number of hydrogen-bond acceptors (Lipinski definition) is 4. The predicted molar refractivity (Wildman–Crippen MR) is 80.8 cm³/mol. The maximum absolute atomic E-state index is 11.7. The number of hydrogen-bond donors (Lipinski definition) is 1. The van der Waals surface area contributed by atoms with E-state index in [4.69, 9.17) is 9.47 Å². The Morgan fingerprint density at radius 3 is 2.70 bits per heavy atom. The Bertz CT molecular complexity index is 252. The van der Waals surface area contributed by atoms with Crippen molar-refractivity contribution in [3.63, 3.8) is 0 Å². The monoisotopic (exact) mass is 285 g/mol. The third-order valence-electron chi connectivity index (χ3n) is 3.74. The van der Waals surface area contributed by atoms with E-state index < -0.39 is 0 Å². The number of rotatable bonds is 10. The van der Waals surface area contributed by atoms with Gasteiger partial charge in [0.15, 0.2) is 0 Å². The maximum Gasteiger partial charge on any atom is 0.308 e. The van der Waals surface area contributed by atoms with Crippen LogP contribution in [0, 0.1) is 0 Å². The molecule has 0 saturated carbocycles. The van der Waals surface area contributed by atoms with Crippen LogP contribution >= 0.6 is 0 Å². The average Bonchev–Trinajstić information content (AvgIpc) is 2.45. The highest BCUT2D eigenvalue weighted by atomic mass is 16.5. The summed E-state index contributed by atoms with van der Waals surface area (Å²) in [5.41, 5.74) is 0. The van der Waals surface area contributed by atoms with Crippen LogP contribution in [0.25, 0.3) is 0 Å². The van der Waals surface area contributed by atoms with Crippen LogP contribution in [0.4, 0.5) is 0 Å². The van der Waals surface area contributed by atoms with Gasteiger partial charge in [0.25, 0.3) is 0 Å². The van der Waals surface area contributed by atoms with Gasteiger partial charge in [-0.15, -0.1) is 0 Å². The summed E-state index contributed by atoms with van der Waals surface area (Å²) in [7, 11) is 0. The van der Waals surface area contributed by atoms with Crippen molar-refractivity contribution in [3.05, 3.63) is 0 Å². The van der Waals surface area contributed by atoms with E-state index in [0.29, 0.717) is 19.1 Å². The smallest absolute Gasteiger partial charge is 0.308 e. The minimum absolute atomic E-state index is 0.0400. The van der Waals surface area contributed by atoms with Gasteiger partial charge in [-0.2, -0.15) is 0 Å². The molecule has 118 valence electrons. The summed E-state index contributed by atoms with van der Waals surface area (Å²) in [5.74, 6) is -0.123. The van der Waals surface area contributed by atoms with Crippen LogP contribution in [0.5, 0.6) is 0 Å². The van der Waals surface area contributed by atoms with Crippen molar-refractivity contribution in [3.8, 4) is 0 Å². The van der Waals surface area contributed by atoms with Crippen LogP contribution in [-0.2, 0) is 14.3 Å². The highest BCUT2D eigenvalue weighted by Gasteiger charge is 2.14. The Balaban J connectivity index is 1.98. The van der Waals surface area contributed by atoms with Gasteiger partial charge in [0.05, 0.1) is 25.2 Å². The third-order valence-corrected chi connectivity index (χ3v) is 3.74. The Kier molecular flexibility index (Phi) is 9.67. The maximum atomic E-state index is 11.7. The second-order valence-corrected chi connectivity index (χ2v) is 5.72. The molecule has 1 atom stereocenters. The average molecular weight is 285 g/mol. The largest absolute Gasteiger partial charge is 0.463 e. The van der Waals surface area contributed by atoms with E-state index in [1.165, 1.54) is 19.3 Å². The van der Waals surface area contributed by atoms with Crippen LogP contribution in [-0.4, -0.2) is 37.9 Å². The highest BCUT2D eigenvalue weighted by molar-refractivity contribution is 5.69. The first-order valence-corrected chi connectivity index (χ1v) is 8.24. The van der Waals surface area contributed by atoms with E-state index in [-0.39, 0.29) is 12.1 Å². The normalized spacial score (nSPS) is 17.9. The zero-order chi connectivity index (χ0) is 14.6. The molecule has 0 aromatic carbocycles. The van der Waals surface area contributed by atoms with Gasteiger partial charge in [-0.25, -0.2) is 0 Å². The molecule has 20 heavy (non-hydrogen) atoms. The van der Waals surface area contributed by atoms with Gasteiger partial charge < -0.3 is 14.8 Å². The van der Waals surface area contributed by atoms with Crippen LogP contribution in [0.1, 0.15) is 65.2 Å². The number of esters is 1. The SMILES string of the molecule is CCCCCCC(C)OC(=O)CCOC1CCNCC1. The molecule has 1 rings (SSSR count). The zero-order valence-electron chi connectivity index (χ0n) is 13.2. The Morgan fingerprint density at radius 1 is 1.25 bits per heavy atom. The molecule has 0 aliphatic carbocycles. The second-order valence-electron chi connectivity index (χ2n) is 5.72. The minimum Gasteiger partial charge on any atom is -0.463 e. The number of nitrogens with one attached hydrogen (secondary N) is 1. The molecule has 0 bridgehead atoms. The summed E-state index contributed by atoms with van der Waals surface area (Å²) in [6.45, 7) is 6.71. The van der Waals surface area contributed by atoms with E-state index in [1.54, 1.807) is 0 Å². The third kappa shape index (κ3) is 8.54. The van der Waals surface area contributed by atoms with Crippen LogP contribution < -0.4 is 5.32 Å². The fraction of sp³-hybridized carbons (Fsp3) is 0.938. The number of carbonyl (C=O) groups is 1. The Hall–Kier alpha value is -0.610. The molecule has 4 nitrogen and oxygen atoms in total.